The van der Waals surface area contributed by atoms with Crippen molar-refractivity contribution in [2.45, 2.75) is 0 Å². The van der Waals surface area contributed by atoms with E-state index in [9.17, 15) is 0 Å². The minimum atomic E-state index is 0.730. The van der Waals surface area contributed by atoms with Crippen LogP contribution in [-0.2, 0) is 0 Å². The first-order chi connectivity index (χ1) is 9.42. The van der Waals surface area contributed by atoms with E-state index in [1.165, 1.54) is 0 Å². The third-order valence-corrected chi connectivity index (χ3v) is 3.18. The molecule has 4 aromatic rings. The summed E-state index contributed by atoms with van der Waals surface area (Å²) in [5, 5.41) is 3.24. The maximum absolute atomic E-state index is 5.49. The summed E-state index contributed by atoms with van der Waals surface area (Å²) >= 11 is 0. The van der Waals surface area contributed by atoms with Crippen molar-refractivity contribution in [2.24, 2.45) is 0 Å². The van der Waals surface area contributed by atoms with E-state index >= 15 is 0 Å². The molecule has 3 heteroatoms. The molecule has 0 aliphatic heterocycles. The van der Waals surface area contributed by atoms with E-state index in [2.05, 4.69) is 22.2 Å². The molecular formula is C16H9N2O. The molecule has 1 radical (unpaired) electrons. The number of fused-ring (bicyclic) bond motifs is 2. The van der Waals surface area contributed by atoms with Crippen LogP contribution < -0.4 is 0 Å². The molecule has 0 aliphatic carbocycles. The van der Waals surface area contributed by atoms with Gasteiger partial charge in [0.15, 0.2) is 5.58 Å². The smallest absolute Gasteiger partial charge is 0.161 e. The van der Waals surface area contributed by atoms with E-state index in [1.54, 1.807) is 6.26 Å². The molecule has 0 fully saturated rings. The fourth-order valence-electron chi connectivity index (χ4n) is 2.23. The van der Waals surface area contributed by atoms with Gasteiger partial charge in [0.05, 0.1) is 18.2 Å². The average molecular weight is 245 g/mol. The van der Waals surface area contributed by atoms with Crippen LogP contribution in [0.5, 0.6) is 0 Å². The van der Waals surface area contributed by atoms with Crippen LogP contribution in [0.15, 0.2) is 59.3 Å². The molecule has 0 saturated carbocycles. The first-order valence-corrected chi connectivity index (χ1v) is 6.01. The summed E-state index contributed by atoms with van der Waals surface area (Å²) in [5.41, 5.74) is 2.28. The van der Waals surface area contributed by atoms with Crippen LogP contribution in [0.4, 0.5) is 0 Å². The maximum atomic E-state index is 5.49. The fourth-order valence-corrected chi connectivity index (χ4v) is 2.23. The van der Waals surface area contributed by atoms with Gasteiger partial charge in [0.2, 0.25) is 0 Å². The summed E-state index contributed by atoms with van der Waals surface area (Å²) in [5.74, 6) is 0. The van der Waals surface area contributed by atoms with Crippen molar-refractivity contribution in [3.8, 4) is 11.4 Å². The summed E-state index contributed by atoms with van der Waals surface area (Å²) in [7, 11) is 0. The van der Waals surface area contributed by atoms with Crippen LogP contribution in [0.2, 0.25) is 0 Å². The lowest BCUT2D eigenvalue weighted by molar-refractivity contribution is 0.615. The normalized spacial score (nSPS) is 11.2. The Balaban J connectivity index is 2.01. The Morgan fingerprint density at radius 3 is 2.84 bits per heavy atom. The lowest BCUT2D eigenvalue weighted by Gasteiger charge is -2.02. The van der Waals surface area contributed by atoms with Crippen molar-refractivity contribution in [3.63, 3.8) is 0 Å². The number of aromatic nitrogens is 2. The molecule has 0 N–H and O–H groups in total. The molecule has 19 heavy (non-hydrogen) atoms. The summed E-state index contributed by atoms with van der Waals surface area (Å²) in [6, 6.07) is 13.8. The molecule has 1 aromatic carbocycles. The van der Waals surface area contributed by atoms with Gasteiger partial charge in [-0.1, -0.05) is 24.3 Å². The summed E-state index contributed by atoms with van der Waals surface area (Å²) in [6.07, 6.45) is 6.40. The van der Waals surface area contributed by atoms with E-state index < -0.39 is 0 Å². The molecule has 4 rings (SSSR count). The molecule has 0 amide bonds. The largest absolute Gasteiger partial charge is 0.462 e. The molecule has 0 aliphatic rings. The van der Waals surface area contributed by atoms with Gasteiger partial charge in [-0.3, -0.25) is 4.98 Å². The molecular weight excluding hydrogens is 236 g/mol. The molecule has 0 spiro atoms. The quantitative estimate of drug-likeness (QED) is 0.511. The zero-order valence-corrected chi connectivity index (χ0v) is 10.00. The summed E-state index contributed by atoms with van der Waals surface area (Å²) < 4.78 is 5.49. The van der Waals surface area contributed by atoms with Crippen molar-refractivity contribution in [1.82, 2.24) is 9.97 Å². The predicted octanol–water partition coefficient (Wildman–Crippen LogP) is 3.84. The molecule has 0 atom stereocenters. The van der Waals surface area contributed by atoms with Crippen LogP contribution in [-0.4, -0.2) is 9.97 Å². The maximum Gasteiger partial charge on any atom is 0.161 e. The zero-order valence-electron chi connectivity index (χ0n) is 10.00. The molecule has 0 bridgehead atoms. The van der Waals surface area contributed by atoms with Gasteiger partial charge in [-0.05, 0) is 23.6 Å². The molecule has 3 nitrogen and oxygen atoms in total. The van der Waals surface area contributed by atoms with Crippen molar-refractivity contribution in [3.05, 3.63) is 61.1 Å². The van der Waals surface area contributed by atoms with Crippen LogP contribution in [0.1, 0.15) is 0 Å². The zero-order chi connectivity index (χ0) is 12.7. The number of hydrogen-bond acceptors (Lipinski definition) is 3. The van der Waals surface area contributed by atoms with Crippen LogP contribution >= 0.6 is 0 Å². The Bertz CT molecular complexity index is 880. The highest BCUT2D eigenvalue weighted by molar-refractivity contribution is 5.92. The number of hydrogen-bond donors (Lipinski definition) is 0. The molecule has 89 valence electrons. The first-order valence-electron chi connectivity index (χ1n) is 6.01. The van der Waals surface area contributed by atoms with Crippen LogP contribution in [0.25, 0.3) is 33.1 Å². The first kappa shape index (κ1) is 10.3. The number of pyridine rings is 2. The third kappa shape index (κ3) is 1.59. The predicted molar refractivity (Wildman–Crippen MR) is 73.6 cm³/mol. The second kappa shape index (κ2) is 3.92. The minimum Gasteiger partial charge on any atom is -0.462 e. The van der Waals surface area contributed by atoms with Crippen molar-refractivity contribution in [1.29, 1.82) is 0 Å². The second-order valence-corrected chi connectivity index (χ2v) is 4.36. The topological polar surface area (TPSA) is 38.9 Å². The van der Waals surface area contributed by atoms with Crippen LogP contribution in [0.3, 0.4) is 0 Å². The van der Waals surface area contributed by atoms with Gasteiger partial charge < -0.3 is 4.42 Å². The Hall–Kier alpha value is -2.68. The highest BCUT2D eigenvalue weighted by atomic mass is 16.3. The van der Waals surface area contributed by atoms with Gasteiger partial charge in [0.1, 0.15) is 5.69 Å². The number of rotatable bonds is 1. The van der Waals surface area contributed by atoms with E-state index in [4.69, 9.17) is 4.42 Å². The Kier molecular flexibility index (Phi) is 2.12. The Labute approximate surface area is 109 Å². The number of benzene rings is 1. The highest BCUT2D eigenvalue weighted by Gasteiger charge is 2.10. The van der Waals surface area contributed by atoms with E-state index in [0.717, 1.165) is 33.1 Å². The van der Waals surface area contributed by atoms with E-state index in [-0.39, 0.29) is 0 Å². The van der Waals surface area contributed by atoms with E-state index in [1.807, 2.05) is 42.6 Å². The lowest BCUT2D eigenvalue weighted by atomic mass is 10.1. The Morgan fingerprint density at radius 1 is 1.00 bits per heavy atom. The monoisotopic (exact) mass is 245 g/mol. The third-order valence-electron chi connectivity index (χ3n) is 3.18. The van der Waals surface area contributed by atoms with Gasteiger partial charge in [-0.15, -0.1) is 0 Å². The van der Waals surface area contributed by atoms with Crippen LogP contribution in [0, 0.1) is 6.20 Å². The lowest BCUT2D eigenvalue weighted by Crippen LogP contribution is -1.88. The van der Waals surface area contributed by atoms with Gasteiger partial charge in [-0.25, -0.2) is 4.98 Å². The average Bonchev–Trinajstić information content (AvgIpc) is 2.95. The fraction of sp³-hybridized carbons (Fsp3) is 0. The Morgan fingerprint density at radius 2 is 1.89 bits per heavy atom. The van der Waals surface area contributed by atoms with Gasteiger partial charge in [0, 0.05) is 17.0 Å². The van der Waals surface area contributed by atoms with Crippen molar-refractivity contribution in [2.75, 3.05) is 0 Å². The van der Waals surface area contributed by atoms with Gasteiger partial charge in [0.25, 0.3) is 0 Å². The summed E-state index contributed by atoms with van der Waals surface area (Å²) in [6.45, 7) is 0. The minimum absolute atomic E-state index is 0.730. The SMILES string of the molecule is [c]1cc2ccoc2c(-c2cc3ccccc3cn2)n1. The molecule has 3 heterocycles. The molecule has 0 unspecified atom stereocenters. The standard InChI is InChI=1S/C16H9N2O/c1-2-4-13-10-18-14(9-12(13)3-1)15-16-11(5-7-17-15)6-8-19-16/h1-6,8-10H. The molecule has 0 saturated heterocycles. The van der Waals surface area contributed by atoms with E-state index in [0.29, 0.717) is 0 Å². The number of furan rings is 1. The number of nitrogens with zero attached hydrogens (tertiary/aromatic N) is 2. The summed E-state index contributed by atoms with van der Waals surface area (Å²) in [4.78, 5) is 8.74. The van der Waals surface area contributed by atoms with Gasteiger partial charge in [-0.2, -0.15) is 0 Å². The van der Waals surface area contributed by atoms with Crippen molar-refractivity contribution >= 4 is 21.7 Å². The molecule has 3 aromatic heterocycles. The van der Waals surface area contributed by atoms with Crippen molar-refractivity contribution < 1.29 is 4.42 Å². The van der Waals surface area contributed by atoms with Gasteiger partial charge >= 0.3 is 0 Å². The second-order valence-electron chi connectivity index (χ2n) is 4.36. The highest BCUT2D eigenvalue weighted by Crippen LogP contribution is 2.27.